The van der Waals surface area contributed by atoms with Gasteiger partial charge in [0, 0.05) is 31.4 Å². The van der Waals surface area contributed by atoms with Crippen LogP contribution in [-0.4, -0.2) is 35.4 Å². The van der Waals surface area contributed by atoms with Gasteiger partial charge < -0.3 is 15.5 Å². The third-order valence-electron chi connectivity index (χ3n) is 4.22. The second-order valence-electron chi connectivity index (χ2n) is 5.98. The molecule has 6 nitrogen and oxygen atoms in total. The molecule has 3 N–H and O–H groups in total. The van der Waals surface area contributed by atoms with E-state index in [-0.39, 0.29) is 5.91 Å². The van der Waals surface area contributed by atoms with Crippen LogP contribution in [0.4, 0.5) is 5.82 Å². The number of furan rings is 1. The van der Waals surface area contributed by atoms with Gasteiger partial charge in [0.15, 0.2) is 5.76 Å². The van der Waals surface area contributed by atoms with E-state index in [0.29, 0.717) is 24.0 Å². The van der Waals surface area contributed by atoms with Crippen LogP contribution >= 0.6 is 0 Å². The van der Waals surface area contributed by atoms with Gasteiger partial charge in [0.25, 0.3) is 5.91 Å². The molecule has 2 aromatic rings. The third-order valence-corrected chi connectivity index (χ3v) is 4.22. The number of rotatable bonds is 5. The largest absolute Gasteiger partial charge is 0.459 e. The molecule has 0 radical (unpaired) electrons. The molecular weight excluding hydrogens is 292 g/mol. The first-order valence-corrected chi connectivity index (χ1v) is 7.96. The number of anilines is 1. The first-order valence-electron chi connectivity index (χ1n) is 7.96. The molecule has 3 rings (SSSR count). The van der Waals surface area contributed by atoms with E-state index in [0.717, 1.165) is 38.0 Å². The van der Waals surface area contributed by atoms with E-state index in [2.05, 4.69) is 15.2 Å². The van der Waals surface area contributed by atoms with Crippen molar-refractivity contribution in [1.29, 1.82) is 0 Å². The zero-order valence-electron chi connectivity index (χ0n) is 13.1. The average Bonchev–Trinajstić information content (AvgIpc) is 3.10. The highest BCUT2D eigenvalue weighted by Gasteiger charge is 2.21. The van der Waals surface area contributed by atoms with Gasteiger partial charge >= 0.3 is 0 Å². The standard InChI is InChI=1S/C17H22N4O2/c18-16-14(5-1-7-19-16)12-21-8-2-4-13(11-21)10-20-17(22)15-6-3-9-23-15/h1,3,5-7,9,13H,2,4,8,10-12H2,(H2,18,19)(H,20,22)/t13-/m1/s1. The van der Waals surface area contributed by atoms with Crippen molar-refractivity contribution in [3.8, 4) is 0 Å². The van der Waals surface area contributed by atoms with Crippen molar-refractivity contribution in [2.45, 2.75) is 19.4 Å². The van der Waals surface area contributed by atoms with E-state index in [4.69, 9.17) is 10.2 Å². The summed E-state index contributed by atoms with van der Waals surface area (Å²) in [6.45, 7) is 3.48. The fourth-order valence-corrected chi connectivity index (χ4v) is 3.02. The van der Waals surface area contributed by atoms with Gasteiger partial charge in [-0.15, -0.1) is 0 Å². The molecule has 0 spiro atoms. The lowest BCUT2D eigenvalue weighted by Crippen LogP contribution is -2.40. The Labute approximate surface area is 135 Å². The third kappa shape index (κ3) is 4.10. The molecule has 3 heterocycles. The summed E-state index contributed by atoms with van der Waals surface area (Å²) in [4.78, 5) is 18.4. The Kier molecular flexibility index (Phi) is 4.92. The van der Waals surface area contributed by atoms with Crippen LogP contribution in [0.5, 0.6) is 0 Å². The van der Waals surface area contributed by atoms with Gasteiger partial charge in [0.1, 0.15) is 5.82 Å². The number of pyridine rings is 1. The summed E-state index contributed by atoms with van der Waals surface area (Å²) in [5.41, 5.74) is 6.98. The molecule has 1 atom stereocenters. The molecule has 1 saturated heterocycles. The van der Waals surface area contributed by atoms with Crippen LogP contribution < -0.4 is 11.1 Å². The molecular formula is C17H22N4O2. The maximum Gasteiger partial charge on any atom is 0.286 e. The Bertz CT molecular complexity index is 642. The van der Waals surface area contributed by atoms with Gasteiger partial charge in [-0.25, -0.2) is 4.98 Å². The first-order chi connectivity index (χ1) is 11.2. The van der Waals surface area contributed by atoms with Crippen LogP contribution in [-0.2, 0) is 6.54 Å². The predicted octanol–water partition coefficient (Wildman–Crippen LogP) is 1.90. The second-order valence-corrected chi connectivity index (χ2v) is 5.98. The Balaban J connectivity index is 1.50. The van der Waals surface area contributed by atoms with Crippen molar-refractivity contribution < 1.29 is 9.21 Å². The fourth-order valence-electron chi connectivity index (χ4n) is 3.02. The zero-order valence-corrected chi connectivity index (χ0v) is 13.1. The molecule has 1 aliphatic heterocycles. The number of hydrogen-bond acceptors (Lipinski definition) is 5. The summed E-state index contributed by atoms with van der Waals surface area (Å²) < 4.78 is 5.11. The lowest BCUT2D eigenvalue weighted by Gasteiger charge is -2.32. The first kappa shape index (κ1) is 15.6. The van der Waals surface area contributed by atoms with Crippen molar-refractivity contribution in [2.75, 3.05) is 25.4 Å². The Morgan fingerprint density at radius 1 is 1.43 bits per heavy atom. The van der Waals surface area contributed by atoms with E-state index < -0.39 is 0 Å². The number of carbonyl (C=O) groups excluding carboxylic acids is 1. The van der Waals surface area contributed by atoms with Gasteiger partial charge in [0.2, 0.25) is 0 Å². The molecule has 0 unspecified atom stereocenters. The van der Waals surface area contributed by atoms with Crippen LogP contribution in [0.1, 0.15) is 29.0 Å². The number of nitrogens with one attached hydrogen (secondary N) is 1. The van der Waals surface area contributed by atoms with Gasteiger partial charge in [0.05, 0.1) is 6.26 Å². The molecule has 122 valence electrons. The van der Waals surface area contributed by atoms with Crippen molar-refractivity contribution in [1.82, 2.24) is 15.2 Å². The van der Waals surface area contributed by atoms with E-state index in [9.17, 15) is 4.79 Å². The zero-order chi connectivity index (χ0) is 16.1. The van der Waals surface area contributed by atoms with Gasteiger partial charge in [-0.05, 0) is 43.5 Å². The molecule has 1 fully saturated rings. The smallest absolute Gasteiger partial charge is 0.286 e. The highest BCUT2D eigenvalue weighted by molar-refractivity contribution is 5.91. The number of carbonyl (C=O) groups is 1. The highest BCUT2D eigenvalue weighted by atomic mass is 16.3. The van der Waals surface area contributed by atoms with Gasteiger partial charge in [-0.3, -0.25) is 9.69 Å². The lowest BCUT2D eigenvalue weighted by atomic mass is 9.97. The molecule has 0 saturated carbocycles. The van der Waals surface area contributed by atoms with Crippen LogP contribution in [0.3, 0.4) is 0 Å². The van der Waals surface area contributed by atoms with Crippen molar-refractivity contribution in [2.24, 2.45) is 5.92 Å². The summed E-state index contributed by atoms with van der Waals surface area (Å²) in [7, 11) is 0. The molecule has 1 aliphatic rings. The molecule has 0 bridgehead atoms. The molecule has 1 amide bonds. The second kappa shape index (κ2) is 7.28. The molecule has 6 heteroatoms. The van der Waals surface area contributed by atoms with Crippen LogP contribution in [0.2, 0.25) is 0 Å². The van der Waals surface area contributed by atoms with E-state index in [1.165, 1.54) is 6.26 Å². The number of nitrogen functional groups attached to an aromatic ring is 1. The number of piperidine rings is 1. The van der Waals surface area contributed by atoms with Gasteiger partial charge in [-0.1, -0.05) is 6.07 Å². The van der Waals surface area contributed by atoms with E-state index in [1.807, 2.05) is 12.1 Å². The van der Waals surface area contributed by atoms with Crippen molar-refractivity contribution in [3.05, 3.63) is 48.0 Å². The molecule has 0 aliphatic carbocycles. The van der Waals surface area contributed by atoms with Crippen molar-refractivity contribution >= 4 is 11.7 Å². The topological polar surface area (TPSA) is 84.4 Å². The molecule has 0 aromatic carbocycles. The Morgan fingerprint density at radius 2 is 2.35 bits per heavy atom. The minimum atomic E-state index is -0.149. The molecule has 2 aromatic heterocycles. The van der Waals surface area contributed by atoms with E-state index >= 15 is 0 Å². The Morgan fingerprint density at radius 3 is 3.13 bits per heavy atom. The number of likely N-dealkylation sites (tertiary alicyclic amines) is 1. The van der Waals surface area contributed by atoms with Crippen LogP contribution in [0, 0.1) is 5.92 Å². The summed E-state index contributed by atoms with van der Waals surface area (Å²) in [6, 6.07) is 7.32. The van der Waals surface area contributed by atoms with E-state index in [1.54, 1.807) is 18.3 Å². The SMILES string of the molecule is Nc1ncccc1CN1CCC[C@H](CNC(=O)c2ccco2)C1. The summed E-state index contributed by atoms with van der Waals surface area (Å²) in [5.74, 6) is 1.26. The normalized spacial score (nSPS) is 18.7. The predicted molar refractivity (Wildman–Crippen MR) is 87.7 cm³/mol. The summed E-state index contributed by atoms with van der Waals surface area (Å²) in [5, 5.41) is 2.95. The summed E-state index contributed by atoms with van der Waals surface area (Å²) >= 11 is 0. The Hall–Kier alpha value is -2.34. The van der Waals surface area contributed by atoms with Crippen LogP contribution in [0.25, 0.3) is 0 Å². The van der Waals surface area contributed by atoms with Crippen LogP contribution in [0.15, 0.2) is 41.1 Å². The maximum absolute atomic E-state index is 11.9. The summed E-state index contributed by atoms with van der Waals surface area (Å²) in [6.07, 6.45) is 5.47. The average molecular weight is 314 g/mol. The minimum absolute atomic E-state index is 0.149. The number of nitrogens with zero attached hydrogens (tertiary/aromatic N) is 2. The number of aromatic nitrogens is 1. The maximum atomic E-state index is 11.9. The number of nitrogens with two attached hydrogens (primary N) is 1. The van der Waals surface area contributed by atoms with Gasteiger partial charge in [-0.2, -0.15) is 0 Å². The fraction of sp³-hybridized carbons (Fsp3) is 0.412. The lowest BCUT2D eigenvalue weighted by molar-refractivity contribution is 0.0903. The van der Waals surface area contributed by atoms with Crippen molar-refractivity contribution in [3.63, 3.8) is 0 Å². The number of hydrogen-bond donors (Lipinski definition) is 2. The number of amides is 1. The monoisotopic (exact) mass is 314 g/mol. The molecule has 23 heavy (non-hydrogen) atoms. The minimum Gasteiger partial charge on any atom is -0.459 e. The quantitative estimate of drug-likeness (QED) is 0.880. The highest BCUT2D eigenvalue weighted by Crippen LogP contribution is 2.19.